The summed E-state index contributed by atoms with van der Waals surface area (Å²) in [6.45, 7) is 6.14. The SMILES string of the molecule is CCOC(=O)C(CC)(OCC)n1nnc2ccccc21. The van der Waals surface area contributed by atoms with Crippen LogP contribution in [-0.4, -0.2) is 34.2 Å². The highest BCUT2D eigenvalue weighted by Gasteiger charge is 2.43. The molecule has 6 nitrogen and oxygen atoms in total. The van der Waals surface area contributed by atoms with Crippen LogP contribution in [0.1, 0.15) is 27.2 Å². The number of fused-ring (bicyclic) bond motifs is 1. The largest absolute Gasteiger partial charge is 0.462 e. The van der Waals surface area contributed by atoms with E-state index < -0.39 is 11.7 Å². The molecule has 1 atom stereocenters. The minimum atomic E-state index is -1.26. The standard InChI is InChI=1S/C14H19N3O3/c1-4-14(20-6-3,13(18)19-5-2)17-12-10-8-7-9-11(12)15-16-17/h7-10H,4-6H2,1-3H3. The van der Waals surface area contributed by atoms with E-state index in [1.54, 1.807) is 6.92 Å². The highest BCUT2D eigenvalue weighted by atomic mass is 16.6. The summed E-state index contributed by atoms with van der Waals surface area (Å²) in [4.78, 5) is 12.4. The molecule has 1 unspecified atom stereocenters. The average Bonchev–Trinajstić information content (AvgIpc) is 2.89. The van der Waals surface area contributed by atoms with Crippen LogP contribution in [0, 0.1) is 0 Å². The minimum absolute atomic E-state index is 0.292. The van der Waals surface area contributed by atoms with Crippen LogP contribution in [0.15, 0.2) is 24.3 Å². The van der Waals surface area contributed by atoms with Crippen molar-refractivity contribution in [3.05, 3.63) is 24.3 Å². The molecule has 0 fully saturated rings. The van der Waals surface area contributed by atoms with Gasteiger partial charge in [0, 0.05) is 13.0 Å². The Morgan fingerprint density at radius 3 is 2.65 bits per heavy atom. The molecule has 0 aliphatic carbocycles. The Bertz CT molecular complexity index is 596. The van der Waals surface area contributed by atoms with Crippen LogP contribution >= 0.6 is 0 Å². The molecule has 2 rings (SSSR count). The van der Waals surface area contributed by atoms with E-state index in [1.807, 2.05) is 38.1 Å². The Morgan fingerprint density at radius 1 is 1.25 bits per heavy atom. The number of rotatable bonds is 6. The topological polar surface area (TPSA) is 66.2 Å². The molecule has 0 spiro atoms. The van der Waals surface area contributed by atoms with Gasteiger partial charge in [-0.05, 0) is 26.0 Å². The molecule has 1 aromatic heterocycles. The molecule has 0 radical (unpaired) electrons. The highest BCUT2D eigenvalue weighted by molar-refractivity contribution is 5.81. The summed E-state index contributed by atoms with van der Waals surface area (Å²) in [7, 11) is 0. The van der Waals surface area contributed by atoms with E-state index in [-0.39, 0.29) is 0 Å². The van der Waals surface area contributed by atoms with Crippen molar-refractivity contribution in [2.45, 2.75) is 32.9 Å². The lowest BCUT2D eigenvalue weighted by Crippen LogP contribution is -2.46. The number of aromatic nitrogens is 3. The first kappa shape index (κ1) is 14.5. The number of hydrogen-bond donors (Lipinski definition) is 0. The first-order valence-electron chi connectivity index (χ1n) is 6.81. The van der Waals surface area contributed by atoms with E-state index in [2.05, 4.69) is 10.3 Å². The molecular weight excluding hydrogens is 258 g/mol. The molecule has 6 heteroatoms. The van der Waals surface area contributed by atoms with Crippen LogP contribution in [0.25, 0.3) is 11.0 Å². The summed E-state index contributed by atoms with van der Waals surface area (Å²) in [5, 5.41) is 8.18. The Kier molecular flexibility index (Phi) is 4.34. The third-order valence-electron chi connectivity index (χ3n) is 3.15. The van der Waals surface area contributed by atoms with Crippen molar-refractivity contribution in [2.24, 2.45) is 0 Å². The zero-order valence-corrected chi connectivity index (χ0v) is 12.0. The molecule has 0 aliphatic heterocycles. The van der Waals surface area contributed by atoms with Gasteiger partial charge in [0.1, 0.15) is 5.52 Å². The molecular formula is C14H19N3O3. The summed E-state index contributed by atoms with van der Waals surface area (Å²) >= 11 is 0. The summed E-state index contributed by atoms with van der Waals surface area (Å²) in [5.74, 6) is -0.444. The van der Waals surface area contributed by atoms with Crippen LogP contribution in [0.4, 0.5) is 0 Å². The molecule has 0 amide bonds. The van der Waals surface area contributed by atoms with Gasteiger partial charge in [0.15, 0.2) is 0 Å². The van der Waals surface area contributed by atoms with E-state index in [0.717, 1.165) is 5.52 Å². The van der Waals surface area contributed by atoms with Crippen molar-refractivity contribution >= 4 is 17.0 Å². The maximum atomic E-state index is 12.4. The van der Waals surface area contributed by atoms with Gasteiger partial charge in [0.25, 0.3) is 5.72 Å². The van der Waals surface area contributed by atoms with Crippen LogP contribution < -0.4 is 0 Å². The molecule has 0 N–H and O–H groups in total. The van der Waals surface area contributed by atoms with Gasteiger partial charge in [-0.1, -0.05) is 24.3 Å². The maximum Gasteiger partial charge on any atom is 0.361 e. The van der Waals surface area contributed by atoms with E-state index in [1.165, 1.54) is 4.68 Å². The number of benzene rings is 1. The molecule has 0 saturated carbocycles. The van der Waals surface area contributed by atoms with Gasteiger partial charge < -0.3 is 9.47 Å². The molecule has 0 bridgehead atoms. The molecule has 1 aromatic carbocycles. The number of para-hydroxylation sites is 1. The Balaban J connectivity index is 2.58. The van der Waals surface area contributed by atoms with Gasteiger partial charge in [0.2, 0.25) is 0 Å². The Morgan fingerprint density at radius 2 is 2.00 bits per heavy atom. The van der Waals surface area contributed by atoms with Crippen molar-refractivity contribution < 1.29 is 14.3 Å². The number of ether oxygens (including phenoxy) is 2. The first-order chi connectivity index (χ1) is 9.69. The summed E-state index contributed by atoms with van der Waals surface area (Å²) in [5.41, 5.74) is 0.200. The Labute approximate surface area is 117 Å². The summed E-state index contributed by atoms with van der Waals surface area (Å²) < 4.78 is 12.4. The van der Waals surface area contributed by atoms with E-state index >= 15 is 0 Å². The second-order valence-corrected chi connectivity index (χ2v) is 4.28. The number of carbonyl (C=O) groups is 1. The fraction of sp³-hybridized carbons (Fsp3) is 0.500. The predicted molar refractivity (Wildman–Crippen MR) is 74.1 cm³/mol. The maximum absolute atomic E-state index is 12.4. The monoisotopic (exact) mass is 277 g/mol. The van der Waals surface area contributed by atoms with Crippen LogP contribution in [0.5, 0.6) is 0 Å². The van der Waals surface area contributed by atoms with Gasteiger partial charge in [-0.3, -0.25) is 0 Å². The lowest BCUT2D eigenvalue weighted by atomic mass is 10.1. The molecule has 0 saturated heterocycles. The molecule has 1 heterocycles. The van der Waals surface area contributed by atoms with E-state index in [4.69, 9.17) is 9.47 Å². The van der Waals surface area contributed by atoms with Crippen molar-refractivity contribution in [2.75, 3.05) is 13.2 Å². The second kappa shape index (κ2) is 6.00. The number of esters is 1. The minimum Gasteiger partial charge on any atom is -0.462 e. The van der Waals surface area contributed by atoms with Gasteiger partial charge in [-0.25, -0.2) is 9.48 Å². The summed E-state index contributed by atoms with van der Waals surface area (Å²) in [6, 6.07) is 7.45. The zero-order valence-electron chi connectivity index (χ0n) is 12.0. The smallest absolute Gasteiger partial charge is 0.361 e. The van der Waals surface area contributed by atoms with Crippen molar-refractivity contribution in [3.63, 3.8) is 0 Å². The molecule has 0 aliphatic rings. The number of hydrogen-bond acceptors (Lipinski definition) is 5. The normalized spacial score (nSPS) is 14.2. The van der Waals surface area contributed by atoms with E-state index in [9.17, 15) is 4.79 Å². The van der Waals surface area contributed by atoms with Crippen molar-refractivity contribution in [3.8, 4) is 0 Å². The van der Waals surface area contributed by atoms with Crippen LogP contribution in [0.2, 0.25) is 0 Å². The average molecular weight is 277 g/mol. The third kappa shape index (κ3) is 2.27. The number of carbonyl (C=O) groups excluding carboxylic acids is 1. The molecule has 2 aromatic rings. The number of nitrogens with zero attached hydrogens (tertiary/aromatic N) is 3. The summed E-state index contributed by atoms with van der Waals surface area (Å²) in [6.07, 6.45) is 0.410. The van der Waals surface area contributed by atoms with Crippen LogP contribution in [-0.2, 0) is 20.0 Å². The van der Waals surface area contributed by atoms with Crippen molar-refractivity contribution in [1.82, 2.24) is 15.0 Å². The molecule has 108 valence electrons. The highest BCUT2D eigenvalue weighted by Crippen LogP contribution is 2.27. The third-order valence-corrected chi connectivity index (χ3v) is 3.15. The van der Waals surface area contributed by atoms with Gasteiger partial charge in [0.05, 0.1) is 12.1 Å². The van der Waals surface area contributed by atoms with Crippen molar-refractivity contribution in [1.29, 1.82) is 0 Å². The van der Waals surface area contributed by atoms with Crippen LogP contribution in [0.3, 0.4) is 0 Å². The molecule has 20 heavy (non-hydrogen) atoms. The first-order valence-corrected chi connectivity index (χ1v) is 6.81. The predicted octanol–water partition coefficient (Wildman–Crippen LogP) is 2.09. The fourth-order valence-electron chi connectivity index (χ4n) is 2.22. The quantitative estimate of drug-likeness (QED) is 0.756. The van der Waals surface area contributed by atoms with Gasteiger partial charge in [-0.2, -0.15) is 0 Å². The lowest BCUT2D eigenvalue weighted by Gasteiger charge is -2.30. The fourth-order valence-corrected chi connectivity index (χ4v) is 2.22. The second-order valence-electron chi connectivity index (χ2n) is 4.28. The Hall–Kier alpha value is -1.95. The lowest BCUT2D eigenvalue weighted by molar-refractivity contribution is -0.190. The van der Waals surface area contributed by atoms with E-state index in [0.29, 0.717) is 25.2 Å². The van der Waals surface area contributed by atoms with Gasteiger partial charge in [-0.15, -0.1) is 5.10 Å². The van der Waals surface area contributed by atoms with Gasteiger partial charge >= 0.3 is 5.97 Å². The zero-order chi connectivity index (χ0) is 14.6.